The summed E-state index contributed by atoms with van der Waals surface area (Å²) in [5.74, 6) is 1.23. The van der Waals surface area contributed by atoms with Crippen molar-refractivity contribution in [1.82, 2.24) is 5.32 Å². The quantitative estimate of drug-likeness (QED) is 0.583. The van der Waals surface area contributed by atoms with Crippen LogP contribution in [-0.2, 0) is 0 Å². The van der Waals surface area contributed by atoms with E-state index in [9.17, 15) is 5.11 Å². The number of aliphatic hydroxyl groups is 1. The van der Waals surface area contributed by atoms with Crippen LogP contribution in [-0.4, -0.2) is 43.1 Å². The fourth-order valence-electron chi connectivity index (χ4n) is 2.25. The summed E-state index contributed by atoms with van der Waals surface area (Å²) in [5, 5.41) is 12.6. The van der Waals surface area contributed by atoms with E-state index in [1.54, 1.807) is 6.07 Å². The van der Waals surface area contributed by atoms with Gasteiger partial charge in [-0.1, -0.05) is 17.7 Å². The zero-order chi connectivity index (χ0) is 12.5. The summed E-state index contributed by atoms with van der Waals surface area (Å²) in [4.78, 5) is 2.08. The first-order valence-corrected chi connectivity index (χ1v) is 6.41. The first kappa shape index (κ1) is 11.9. The highest BCUT2D eigenvalue weighted by Crippen LogP contribution is 2.41. The molecule has 1 saturated heterocycles. The summed E-state index contributed by atoms with van der Waals surface area (Å²) in [7, 11) is 0. The molecule has 18 heavy (non-hydrogen) atoms. The lowest BCUT2D eigenvalue weighted by molar-refractivity contribution is -0.0667. The number of piperazine rings is 1. The van der Waals surface area contributed by atoms with E-state index in [-0.39, 0.29) is 12.1 Å². The molecule has 0 aromatic heterocycles. The second kappa shape index (κ2) is 4.84. The van der Waals surface area contributed by atoms with E-state index in [4.69, 9.17) is 21.1 Å². The molecule has 3 rings (SSSR count). The Balaban J connectivity index is 1.94. The van der Waals surface area contributed by atoms with Gasteiger partial charge in [-0.3, -0.25) is 0 Å². The lowest BCUT2D eigenvalue weighted by atomic mass is 10.2. The Morgan fingerprint density at radius 2 is 2.33 bits per heavy atom. The molecule has 0 saturated carbocycles. The molecule has 98 valence electrons. The molecule has 0 radical (unpaired) electrons. The molecule has 2 aliphatic heterocycles. The van der Waals surface area contributed by atoms with E-state index < -0.39 is 6.29 Å². The van der Waals surface area contributed by atoms with E-state index in [0.29, 0.717) is 11.5 Å². The summed E-state index contributed by atoms with van der Waals surface area (Å²) >= 11 is 6.31. The standard InChI is InChI=1S/C12H15ClN2O3/c13-10-6-14-4-5-15(10)8-2-1-3-9-12(8)17-7-11(16)18-9/h1-3,10-11,14,16H,4-7H2. The summed E-state index contributed by atoms with van der Waals surface area (Å²) < 4.78 is 10.9. The minimum absolute atomic E-state index is 0.110. The number of ether oxygens (including phenoxy) is 2. The molecule has 1 fully saturated rings. The van der Waals surface area contributed by atoms with Crippen LogP contribution in [0.25, 0.3) is 0 Å². The van der Waals surface area contributed by atoms with Crippen LogP contribution in [0.15, 0.2) is 18.2 Å². The summed E-state index contributed by atoms with van der Waals surface area (Å²) in [5.41, 5.74) is 0.807. The molecule has 6 heteroatoms. The van der Waals surface area contributed by atoms with Gasteiger partial charge < -0.3 is 24.8 Å². The van der Waals surface area contributed by atoms with E-state index in [1.807, 2.05) is 12.1 Å². The SMILES string of the molecule is OC1COc2c(cccc2N2CCNCC2Cl)O1. The number of alkyl halides is 1. The largest absolute Gasteiger partial charge is 0.481 e. The van der Waals surface area contributed by atoms with Gasteiger partial charge in [0.15, 0.2) is 18.1 Å². The number of para-hydroxylation sites is 1. The van der Waals surface area contributed by atoms with Crippen LogP contribution in [0.1, 0.15) is 0 Å². The molecular weight excluding hydrogens is 256 g/mol. The number of benzene rings is 1. The number of anilines is 1. The number of rotatable bonds is 1. The third-order valence-corrected chi connectivity index (χ3v) is 3.47. The zero-order valence-corrected chi connectivity index (χ0v) is 10.6. The summed E-state index contributed by atoms with van der Waals surface area (Å²) in [6.07, 6.45) is -0.900. The van der Waals surface area contributed by atoms with Gasteiger partial charge in [0.05, 0.1) is 5.69 Å². The van der Waals surface area contributed by atoms with Gasteiger partial charge in [0.1, 0.15) is 5.50 Å². The van der Waals surface area contributed by atoms with Crippen molar-refractivity contribution in [2.75, 3.05) is 31.1 Å². The average molecular weight is 271 g/mol. The first-order chi connectivity index (χ1) is 8.75. The fourth-order valence-corrected chi connectivity index (χ4v) is 2.56. The van der Waals surface area contributed by atoms with Crippen molar-refractivity contribution in [2.45, 2.75) is 11.8 Å². The van der Waals surface area contributed by atoms with Crippen molar-refractivity contribution >= 4 is 17.3 Å². The molecule has 1 aromatic rings. The van der Waals surface area contributed by atoms with Crippen molar-refractivity contribution in [3.8, 4) is 11.5 Å². The molecule has 1 aromatic carbocycles. The minimum Gasteiger partial charge on any atom is -0.481 e. The van der Waals surface area contributed by atoms with E-state index in [1.165, 1.54) is 0 Å². The Morgan fingerprint density at radius 3 is 3.17 bits per heavy atom. The predicted molar refractivity (Wildman–Crippen MR) is 68.4 cm³/mol. The number of hydrogen-bond donors (Lipinski definition) is 2. The van der Waals surface area contributed by atoms with Crippen LogP contribution >= 0.6 is 11.6 Å². The molecule has 2 unspecified atom stereocenters. The second-order valence-electron chi connectivity index (χ2n) is 4.32. The van der Waals surface area contributed by atoms with Gasteiger partial charge in [-0.25, -0.2) is 0 Å². The van der Waals surface area contributed by atoms with Crippen molar-refractivity contribution in [1.29, 1.82) is 0 Å². The van der Waals surface area contributed by atoms with Crippen LogP contribution in [0.3, 0.4) is 0 Å². The molecular formula is C12H15ClN2O3. The molecule has 5 nitrogen and oxygen atoms in total. The van der Waals surface area contributed by atoms with Gasteiger partial charge >= 0.3 is 0 Å². The first-order valence-electron chi connectivity index (χ1n) is 5.97. The highest BCUT2D eigenvalue weighted by Gasteiger charge is 2.27. The molecule has 0 amide bonds. The van der Waals surface area contributed by atoms with Crippen molar-refractivity contribution in [2.24, 2.45) is 0 Å². The Labute approximate surface area is 110 Å². The number of nitrogens with one attached hydrogen (secondary N) is 1. The van der Waals surface area contributed by atoms with Gasteiger partial charge in [0.2, 0.25) is 6.29 Å². The number of fused-ring (bicyclic) bond motifs is 1. The highest BCUT2D eigenvalue weighted by atomic mass is 35.5. The van der Waals surface area contributed by atoms with Crippen molar-refractivity contribution in [3.63, 3.8) is 0 Å². The maximum absolute atomic E-state index is 9.41. The van der Waals surface area contributed by atoms with Crippen molar-refractivity contribution in [3.05, 3.63) is 18.2 Å². The Hall–Kier alpha value is -1.17. The smallest absolute Gasteiger partial charge is 0.232 e. The topological polar surface area (TPSA) is 54.0 Å². The van der Waals surface area contributed by atoms with Crippen molar-refractivity contribution < 1.29 is 14.6 Å². The molecule has 0 spiro atoms. The zero-order valence-electron chi connectivity index (χ0n) is 9.80. The average Bonchev–Trinajstić information content (AvgIpc) is 2.38. The Kier molecular flexibility index (Phi) is 3.20. The maximum Gasteiger partial charge on any atom is 0.232 e. The minimum atomic E-state index is -0.900. The van der Waals surface area contributed by atoms with Gasteiger partial charge in [0.25, 0.3) is 0 Å². The molecule has 0 bridgehead atoms. The fraction of sp³-hybridized carbons (Fsp3) is 0.500. The van der Waals surface area contributed by atoms with Crippen LogP contribution in [0.2, 0.25) is 0 Å². The Bertz CT molecular complexity index is 443. The van der Waals surface area contributed by atoms with Crippen LogP contribution in [0.4, 0.5) is 5.69 Å². The van der Waals surface area contributed by atoms with Crippen LogP contribution < -0.4 is 19.7 Å². The number of nitrogens with zero attached hydrogens (tertiary/aromatic N) is 1. The molecule has 0 aliphatic carbocycles. The van der Waals surface area contributed by atoms with Gasteiger partial charge in [-0.05, 0) is 12.1 Å². The van der Waals surface area contributed by atoms with E-state index >= 15 is 0 Å². The normalized spacial score (nSPS) is 27.1. The highest BCUT2D eigenvalue weighted by molar-refractivity contribution is 6.22. The third-order valence-electron chi connectivity index (χ3n) is 3.08. The summed E-state index contributed by atoms with van der Waals surface area (Å²) in [6.45, 7) is 2.57. The van der Waals surface area contributed by atoms with Gasteiger partial charge in [0, 0.05) is 19.6 Å². The van der Waals surface area contributed by atoms with Gasteiger partial charge in [-0.15, -0.1) is 0 Å². The number of hydrogen-bond acceptors (Lipinski definition) is 5. The monoisotopic (exact) mass is 270 g/mol. The third kappa shape index (κ3) is 2.09. The van der Waals surface area contributed by atoms with Crippen LogP contribution in [0, 0.1) is 0 Å². The molecule has 2 N–H and O–H groups in total. The maximum atomic E-state index is 9.41. The number of halogens is 1. The predicted octanol–water partition coefficient (Wildman–Crippen LogP) is 0.751. The van der Waals surface area contributed by atoms with E-state index in [2.05, 4.69) is 10.2 Å². The lowest BCUT2D eigenvalue weighted by Crippen LogP contribution is -2.49. The number of aliphatic hydroxyl groups excluding tert-OH is 1. The second-order valence-corrected chi connectivity index (χ2v) is 4.82. The van der Waals surface area contributed by atoms with E-state index in [0.717, 1.165) is 25.3 Å². The molecule has 2 atom stereocenters. The van der Waals surface area contributed by atoms with Gasteiger partial charge in [-0.2, -0.15) is 0 Å². The molecule has 2 aliphatic rings. The molecule has 2 heterocycles. The van der Waals surface area contributed by atoms with Crippen LogP contribution in [0.5, 0.6) is 11.5 Å². The Morgan fingerprint density at radius 1 is 1.44 bits per heavy atom. The summed E-state index contributed by atoms with van der Waals surface area (Å²) in [6, 6.07) is 5.62. The lowest BCUT2D eigenvalue weighted by Gasteiger charge is -2.36.